The summed E-state index contributed by atoms with van der Waals surface area (Å²) in [4.78, 5) is 25.6. The first-order valence-electron chi connectivity index (χ1n) is 8.54. The smallest absolute Gasteiger partial charge is 0.243 e. The quantitative estimate of drug-likeness (QED) is 0.733. The number of benzene rings is 1. The van der Waals surface area contributed by atoms with Gasteiger partial charge < -0.3 is 20.3 Å². The highest BCUT2D eigenvalue weighted by Gasteiger charge is 2.17. The Kier molecular flexibility index (Phi) is 9.49. The van der Waals surface area contributed by atoms with Crippen LogP contribution in [0.4, 0.5) is 5.69 Å². The van der Waals surface area contributed by atoms with Crippen molar-refractivity contribution >= 4 is 29.9 Å². The molecule has 0 bridgehead atoms. The second-order valence-corrected chi connectivity index (χ2v) is 6.07. The molecule has 1 aliphatic heterocycles. The lowest BCUT2D eigenvalue weighted by Gasteiger charge is -2.18. The van der Waals surface area contributed by atoms with Crippen molar-refractivity contribution in [3.63, 3.8) is 0 Å². The Balaban J connectivity index is 0.00000312. The molecule has 2 rings (SSSR count). The summed E-state index contributed by atoms with van der Waals surface area (Å²) in [5.41, 5.74) is 1.89. The molecule has 6 nitrogen and oxygen atoms in total. The third-order valence-electron chi connectivity index (χ3n) is 4.15. The Morgan fingerprint density at radius 2 is 2.08 bits per heavy atom. The fraction of sp³-hybridized carbons (Fsp3) is 0.556. The van der Waals surface area contributed by atoms with E-state index in [2.05, 4.69) is 10.6 Å². The number of halogens is 1. The van der Waals surface area contributed by atoms with Crippen molar-refractivity contribution < 1.29 is 14.3 Å². The SMILES string of the molecule is CCc1ccccc1NC(=O)CN(C)C(=O)CNCC1CCCO1.Cl. The van der Waals surface area contributed by atoms with Crippen LogP contribution in [0.1, 0.15) is 25.3 Å². The van der Waals surface area contributed by atoms with Crippen LogP contribution in [0.5, 0.6) is 0 Å². The topological polar surface area (TPSA) is 70.7 Å². The number of nitrogens with zero attached hydrogens (tertiary/aromatic N) is 1. The zero-order valence-electron chi connectivity index (χ0n) is 14.9. The van der Waals surface area contributed by atoms with Gasteiger partial charge in [-0.2, -0.15) is 0 Å². The van der Waals surface area contributed by atoms with E-state index in [1.54, 1.807) is 7.05 Å². The van der Waals surface area contributed by atoms with Crippen molar-refractivity contribution in [3.05, 3.63) is 29.8 Å². The summed E-state index contributed by atoms with van der Waals surface area (Å²) in [5, 5.41) is 5.98. The van der Waals surface area contributed by atoms with Gasteiger partial charge in [0.2, 0.25) is 11.8 Å². The van der Waals surface area contributed by atoms with Gasteiger partial charge in [-0.3, -0.25) is 9.59 Å². The van der Waals surface area contributed by atoms with Gasteiger partial charge in [0.15, 0.2) is 0 Å². The van der Waals surface area contributed by atoms with E-state index in [9.17, 15) is 9.59 Å². The predicted molar refractivity (Wildman–Crippen MR) is 101 cm³/mol. The van der Waals surface area contributed by atoms with Gasteiger partial charge in [0.05, 0.1) is 19.2 Å². The lowest BCUT2D eigenvalue weighted by Crippen LogP contribution is -2.41. The molecule has 25 heavy (non-hydrogen) atoms. The van der Waals surface area contributed by atoms with E-state index < -0.39 is 0 Å². The molecule has 1 unspecified atom stereocenters. The molecule has 1 aromatic rings. The molecule has 1 saturated heterocycles. The van der Waals surface area contributed by atoms with Crippen molar-refractivity contribution in [1.82, 2.24) is 10.2 Å². The number of likely N-dealkylation sites (N-methyl/N-ethyl adjacent to an activating group) is 1. The van der Waals surface area contributed by atoms with Gasteiger partial charge in [-0.1, -0.05) is 25.1 Å². The number of nitrogens with one attached hydrogen (secondary N) is 2. The lowest BCUT2D eigenvalue weighted by atomic mass is 10.1. The Bertz CT molecular complexity index is 562. The molecule has 0 radical (unpaired) electrons. The summed E-state index contributed by atoms with van der Waals surface area (Å²) in [7, 11) is 1.64. The number of para-hydroxylation sites is 1. The average Bonchev–Trinajstić information content (AvgIpc) is 3.08. The number of aryl methyl sites for hydroxylation is 1. The van der Waals surface area contributed by atoms with Crippen molar-refractivity contribution in [1.29, 1.82) is 0 Å². The summed E-state index contributed by atoms with van der Waals surface area (Å²) in [5.74, 6) is -0.294. The van der Waals surface area contributed by atoms with Crippen molar-refractivity contribution in [2.45, 2.75) is 32.3 Å². The fourth-order valence-corrected chi connectivity index (χ4v) is 2.72. The first kappa shape index (κ1) is 21.4. The highest BCUT2D eigenvalue weighted by molar-refractivity contribution is 5.95. The monoisotopic (exact) mass is 369 g/mol. The molecule has 0 aromatic heterocycles. The molecule has 0 saturated carbocycles. The molecule has 0 spiro atoms. The summed E-state index contributed by atoms with van der Waals surface area (Å²) in [6, 6.07) is 7.70. The molecule has 1 heterocycles. The number of carbonyl (C=O) groups excluding carboxylic acids is 2. The van der Waals surface area contributed by atoms with Gasteiger partial charge in [0.25, 0.3) is 0 Å². The number of anilines is 1. The Hall–Kier alpha value is -1.63. The maximum atomic E-state index is 12.1. The number of carbonyl (C=O) groups is 2. The van der Waals surface area contributed by atoms with Crippen LogP contribution in [0.15, 0.2) is 24.3 Å². The number of hydrogen-bond acceptors (Lipinski definition) is 4. The zero-order valence-corrected chi connectivity index (χ0v) is 15.7. The van der Waals surface area contributed by atoms with Crippen molar-refractivity contribution in [2.24, 2.45) is 0 Å². The first-order chi connectivity index (χ1) is 11.6. The maximum Gasteiger partial charge on any atom is 0.243 e. The van der Waals surface area contributed by atoms with Gasteiger partial charge in [0, 0.05) is 25.9 Å². The minimum Gasteiger partial charge on any atom is -0.377 e. The van der Waals surface area contributed by atoms with Crippen molar-refractivity contribution in [3.8, 4) is 0 Å². The van der Waals surface area contributed by atoms with Crippen LogP contribution in [0.25, 0.3) is 0 Å². The van der Waals surface area contributed by atoms with Crippen molar-refractivity contribution in [2.75, 3.05) is 38.6 Å². The summed E-state index contributed by atoms with van der Waals surface area (Å²) < 4.78 is 5.50. The van der Waals surface area contributed by atoms with Gasteiger partial charge in [-0.15, -0.1) is 12.4 Å². The van der Waals surface area contributed by atoms with E-state index in [0.717, 1.165) is 37.1 Å². The Morgan fingerprint density at radius 1 is 1.32 bits per heavy atom. The van der Waals surface area contributed by atoms with E-state index in [4.69, 9.17) is 4.74 Å². The minimum absolute atomic E-state index is 0. The van der Waals surface area contributed by atoms with Gasteiger partial charge in [0.1, 0.15) is 0 Å². The zero-order chi connectivity index (χ0) is 17.4. The van der Waals surface area contributed by atoms with Crippen LogP contribution < -0.4 is 10.6 Å². The number of hydrogen-bond donors (Lipinski definition) is 2. The van der Waals surface area contributed by atoms with E-state index in [1.165, 1.54) is 4.90 Å². The standard InChI is InChI=1S/C18H27N3O3.ClH/c1-3-14-7-4-5-9-16(14)20-17(22)13-21(2)18(23)12-19-11-15-8-6-10-24-15;/h4-5,7,9,15,19H,3,6,8,10-13H2,1-2H3,(H,20,22);1H. The molecule has 7 heteroatoms. The Morgan fingerprint density at radius 3 is 2.76 bits per heavy atom. The maximum absolute atomic E-state index is 12.1. The predicted octanol–water partition coefficient (Wildman–Crippen LogP) is 1.84. The van der Waals surface area contributed by atoms with Crippen LogP contribution in [-0.2, 0) is 20.7 Å². The third-order valence-corrected chi connectivity index (χ3v) is 4.15. The van der Waals surface area contributed by atoms with Crippen LogP contribution in [0.2, 0.25) is 0 Å². The van der Waals surface area contributed by atoms with Crippen LogP contribution in [0, 0.1) is 0 Å². The third kappa shape index (κ3) is 7.02. The second-order valence-electron chi connectivity index (χ2n) is 6.07. The molecular weight excluding hydrogens is 342 g/mol. The van der Waals surface area contributed by atoms with Gasteiger partial charge in [-0.05, 0) is 30.9 Å². The summed E-state index contributed by atoms with van der Waals surface area (Å²) in [6.07, 6.45) is 3.17. The van der Waals surface area contributed by atoms with Crippen LogP contribution >= 0.6 is 12.4 Å². The molecular formula is C18H28ClN3O3. The Labute approximate surface area is 155 Å². The molecule has 0 aliphatic carbocycles. The van der Waals surface area contributed by atoms with E-state index >= 15 is 0 Å². The van der Waals surface area contributed by atoms with E-state index in [0.29, 0.717) is 6.54 Å². The minimum atomic E-state index is -0.189. The molecule has 140 valence electrons. The molecule has 2 N–H and O–H groups in total. The van der Waals surface area contributed by atoms with E-state index in [1.807, 2.05) is 31.2 Å². The molecule has 1 aromatic carbocycles. The lowest BCUT2D eigenvalue weighted by molar-refractivity contribution is -0.132. The second kappa shape index (κ2) is 11.1. The van der Waals surface area contributed by atoms with Crippen LogP contribution in [-0.4, -0.2) is 56.1 Å². The number of ether oxygens (including phenoxy) is 1. The fourth-order valence-electron chi connectivity index (χ4n) is 2.72. The number of amides is 2. The highest BCUT2D eigenvalue weighted by atomic mass is 35.5. The molecule has 1 atom stereocenters. The van der Waals surface area contributed by atoms with E-state index in [-0.39, 0.29) is 43.4 Å². The summed E-state index contributed by atoms with van der Waals surface area (Å²) in [6.45, 7) is 3.78. The molecule has 2 amide bonds. The molecule has 1 aliphatic rings. The first-order valence-corrected chi connectivity index (χ1v) is 8.54. The van der Waals surface area contributed by atoms with Gasteiger partial charge >= 0.3 is 0 Å². The highest BCUT2D eigenvalue weighted by Crippen LogP contribution is 2.15. The largest absolute Gasteiger partial charge is 0.377 e. The van der Waals surface area contributed by atoms with Crippen LogP contribution in [0.3, 0.4) is 0 Å². The molecule has 1 fully saturated rings. The average molecular weight is 370 g/mol. The summed E-state index contributed by atoms with van der Waals surface area (Å²) >= 11 is 0. The van der Waals surface area contributed by atoms with Gasteiger partial charge in [-0.25, -0.2) is 0 Å². The number of rotatable bonds is 8. The normalized spacial score (nSPS) is 16.2.